The number of morpholine rings is 1. The van der Waals surface area contributed by atoms with Crippen molar-refractivity contribution < 1.29 is 4.74 Å². The van der Waals surface area contributed by atoms with Gasteiger partial charge in [0.2, 0.25) is 0 Å². The molecule has 0 bridgehead atoms. The zero-order valence-corrected chi connectivity index (χ0v) is 11.2. The maximum atomic E-state index is 6.23. The number of hydrogen-bond donors (Lipinski definition) is 1. The summed E-state index contributed by atoms with van der Waals surface area (Å²) in [6.07, 6.45) is 0. The quantitative estimate of drug-likeness (QED) is 0.897. The predicted molar refractivity (Wildman–Crippen MR) is 71.8 cm³/mol. The third kappa shape index (κ3) is 3.12. The summed E-state index contributed by atoms with van der Waals surface area (Å²) in [7, 11) is 1.92. The number of hydrogen-bond acceptors (Lipinski definition) is 3. The summed E-state index contributed by atoms with van der Waals surface area (Å²) in [5, 5.41) is 3.98. The molecular formula is C13H19ClN2O. The smallest absolute Gasteiger partial charge is 0.0594 e. The Kier molecular flexibility index (Phi) is 4.26. The first-order valence-electron chi connectivity index (χ1n) is 5.97. The van der Waals surface area contributed by atoms with E-state index in [4.69, 9.17) is 16.3 Å². The Morgan fingerprint density at radius 2 is 2.06 bits per heavy atom. The fourth-order valence-electron chi connectivity index (χ4n) is 2.04. The molecule has 2 rings (SSSR count). The van der Waals surface area contributed by atoms with Crippen molar-refractivity contribution in [1.82, 2.24) is 4.90 Å². The molecule has 0 radical (unpaired) electrons. The Bertz CT molecular complexity index is 389. The largest absolute Gasteiger partial charge is 0.388 e. The van der Waals surface area contributed by atoms with E-state index in [-0.39, 0.29) is 0 Å². The highest BCUT2D eigenvalue weighted by atomic mass is 35.5. The van der Waals surface area contributed by atoms with Crippen LogP contribution in [0.4, 0.5) is 5.69 Å². The van der Waals surface area contributed by atoms with Gasteiger partial charge in [-0.05, 0) is 30.2 Å². The van der Waals surface area contributed by atoms with E-state index < -0.39 is 0 Å². The number of nitrogens with one attached hydrogen (secondary N) is 1. The van der Waals surface area contributed by atoms with Gasteiger partial charge in [-0.15, -0.1) is 0 Å². The number of ether oxygens (including phenoxy) is 1. The molecule has 0 atom stereocenters. The molecule has 1 aromatic rings. The fourth-order valence-corrected chi connectivity index (χ4v) is 2.28. The number of anilines is 1. The molecule has 94 valence electrons. The van der Waals surface area contributed by atoms with Crippen molar-refractivity contribution in [3.8, 4) is 0 Å². The molecule has 0 spiro atoms. The van der Waals surface area contributed by atoms with Crippen LogP contribution < -0.4 is 5.32 Å². The molecule has 0 unspecified atom stereocenters. The highest BCUT2D eigenvalue weighted by molar-refractivity contribution is 6.31. The fraction of sp³-hybridized carbons (Fsp3) is 0.538. The van der Waals surface area contributed by atoms with Crippen LogP contribution >= 0.6 is 11.6 Å². The Labute approximate surface area is 108 Å². The van der Waals surface area contributed by atoms with E-state index in [1.807, 2.05) is 13.1 Å². The summed E-state index contributed by atoms with van der Waals surface area (Å²) in [6.45, 7) is 6.70. The van der Waals surface area contributed by atoms with Crippen LogP contribution in [0.3, 0.4) is 0 Å². The van der Waals surface area contributed by atoms with E-state index in [1.54, 1.807) is 0 Å². The van der Waals surface area contributed by atoms with Crippen LogP contribution in [0.25, 0.3) is 0 Å². The third-order valence-electron chi connectivity index (χ3n) is 3.24. The van der Waals surface area contributed by atoms with Crippen LogP contribution in [0, 0.1) is 6.92 Å². The summed E-state index contributed by atoms with van der Waals surface area (Å²) >= 11 is 6.23. The first-order chi connectivity index (χ1) is 8.20. The van der Waals surface area contributed by atoms with Gasteiger partial charge in [-0.3, -0.25) is 4.90 Å². The predicted octanol–water partition coefficient (Wildman–Crippen LogP) is 2.52. The van der Waals surface area contributed by atoms with Crippen LogP contribution in [0.5, 0.6) is 0 Å². The van der Waals surface area contributed by atoms with Crippen LogP contribution in [-0.4, -0.2) is 38.3 Å². The van der Waals surface area contributed by atoms with E-state index in [0.29, 0.717) is 0 Å². The van der Waals surface area contributed by atoms with Crippen molar-refractivity contribution in [2.45, 2.75) is 13.5 Å². The standard InChI is InChI=1S/C13H19ClN2O/c1-10-11(7-12(15-2)8-13(10)14)9-16-3-5-17-6-4-16/h7-8,15H,3-6,9H2,1-2H3. The Balaban J connectivity index is 2.15. The molecule has 0 saturated carbocycles. The monoisotopic (exact) mass is 254 g/mol. The molecule has 3 nitrogen and oxygen atoms in total. The van der Waals surface area contributed by atoms with Gasteiger partial charge in [0.25, 0.3) is 0 Å². The van der Waals surface area contributed by atoms with Gasteiger partial charge in [0.15, 0.2) is 0 Å². The van der Waals surface area contributed by atoms with E-state index >= 15 is 0 Å². The summed E-state index contributed by atoms with van der Waals surface area (Å²) in [6, 6.07) is 4.15. The van der Waals surface area contributed by atoms with Gasteiger partial charge in [0.1, 0.15) is 0 Å². The normalized spacial score (nSPS) is 17.1. The maximum absolute atomic E-state index is 6.23. The van der Waals surface area contributed by atoms with Crippen LogP contribution in [-0.2, 0) is 11.3 Å². The highest BCUT2D eigenvalue weighted by Gasteiger charge is 2.13. The molecule has 0 aromatic heterocycles. The molecule has 1 saturated heterocycles. The van der Waals surface area contributed by atoms with Gasteiger partial charge in [-0.25, -0.2) is 0 Å². The van der Waals surface area contributed by atoms with E-state index in [2.05, 4.69) is 23.2 Å². The topological polar surface area (TPSA) is 24.5 Å². The molecule has 1 aliphatic rings. The average molecular weight is 255 g/mol. The lowest BCUT2D eigenvalue weighted by Gasteiger charge is -2.27. The molecule has 1 aromatic carbocycles. The summed E-state index contributed by atoms with van der Waals surface area (Å²) in [5.74, 6) is 0. The SMILES string of the molecule is CNc1cc(Cl)c(C)c(CN2CCOCC2)c1. The molecule has 1 fully saturated rings. The van der Waals surface area contributed by atoms with Crippen molar-refractivity contribution in [3.05, 3.63) is 28.3 Å². The second-order valence-electron chi connectivity index (χ2n) is 4.38. The lowest BCUT2D eigenvalue weighted by atomic mass is 10.1. The Morgan fingerprint density at radius 3 is 2.71 bits per heavy atom. The third-order valence-corrected chi connectivity index (χ3v) is 3.63. The lowest BCUT2D eigenvalue weighted by molar-refractivity contribution is 0.0341. The minimum atomic E-state index is 0.832. The number of nitrogens with zero attached hydrogens (tertiary/aromatic N) is 1. The maximum Gasteiger partial charge on any atom is 0.0594 e. The number of rotatable bonds is 3. The molecule has 1 aliphatic heterocycles. The van der Waals surface area contributed by atoms with Gasteiger partial charge in [-0.2, -0.15) is 0 Å². The van der Waals surface area contributed by atoms with Crippen LogP contribution in [0.15, 0.2) is 12.1 Å². The second-order valence-corrected chi connectivity index (χ2v) is 4.79. The summed E-state index contributed by atoms with van der Waals surface area (Å²) in [5.41, 5.74) is 3.55. The zero-order chi connectivity index (χ0) is 12.3. The summed E-state index contributed by atoms with van der Waals surface area (Å²) in [4.78, 5) is 2.40. The van der Waals surface area contributed by atoms with E-state index in [1.165, 1.54) is 11.1 Å². The van der Waals surface area contributed by atoms with Crippen molar-refractivity contribution in [2.75, 3.05) is 38.7 Å². The van der Waals surface area contributed by atoms with Crippen molar-refractivity contribution in [2.24, 2.45) is 0 Å². The first kappa shape index (κ1) is 12.7. The number of halogens is 1. The minimum absolute atomic E-state index is 0.832. The number of benzene rings is 1. The van der Waals surface area contributed by atoms with Gasteiger partial charge >= 0.3 is 0 Å². The lowest BCUT2D eigenvalue weighted by Crippen LogP contribution is -2.35. The zero-order valence-electron chi connectivity index (χ0n) is 10.4. The van der Waals surface area contributed by atoms with Crippen molar-refractivity contribution >= 4 is 17.3 Å². The van der Waals surface area contributed by atoms with Gasteiger partial charge in [-0.1, -0.05) is 11.6 Å². The van der Waals surface area contributed by atoms with Gasteiger partial charge < -0.3 is 10.1 Å². The second kappa shape index (κ2) is 5.71. The van der Waals surface area contributed by atoms with Crippen molar-refractivity contribution in [3.63, 3.8) is 0 Å². The van der Waals surface area contributed by atoms with E-state index in [0.717, 1.165) is 43.6 Å². The highest BCUT2D eigenvalue weighted by Crippen LogP contribution is 2.25. The summed E-state index contributed by atoms with van der Waals surface area (Å²) < 4.78 is 5.36. The van der Waals surface area contributed by atoms with E-state index in [9.17, 15) is 0 Å². The minimum Gasteiger partial charge on any atom is -0.388 e. The Morgan fingerprint density at radius 1 is 1.35 bits per heavy atom. The molecule has 1 N–H and O–H groups in total. The van der Waals surface area contributed by atoms with Crippen LogP contribution in [0.1, 0.15) is 11.1 Å². The average Bonchev–Trinajstić information content (AvgIpc) is 2.36. The first-order valence-corrected chi connectivity index (χ1v) is 6.35. The van der Waals surface area contributed by atoms with Crippen LogP contribution in [0.2, 0.25) is 5.02 Å². The molecule has 1 heterocycles. The van der Waals surface area contributed by atoms with Gasteiger partial charge in [0, 0.05) is 37.4 Å². The van der Waals surface area contributed by atoms with Crippen molar-refractivity contribution in [1.29, 1.82) is 0 Å². The molecule has 0 amide bonds. The molecule has 4 heteroatoms. The molecule has 17 heavy (non-hydrogen) atoms. The molecular weight excluding hydrogens is 236 g/mol. The van der Waals surface area contributed by atoms with Gasteiger partial charge in [0.05, 0.1) is 13.2 Å². The molecule has 0 aliphatic carbocycles. The Hall–Kier alpha value is -0.770.